The molecule has 0 fully saturated rings. The van der Waals surface area contributed by atoms with Crippen LogP contribution in [0.15, 0.2) is 30.5 Å². The zero-order valence-electron chi connectivity index (χ0n) is 11.0. The van der Waals surface area contributed by atoms with E-state index in [4.69, 9.17) is 0 Å². The third-order valence-electron chi connectivity index (χ3n) is 3.53. The Kier molecular flexibility index (Phi) is 3.85. The highest BCUT2D eigenvalue weighted by atomic mass is 14.8. The van der Waals surface area contributed by atoms with Crippen LogP contribution in [-0.2, 0) is 0 Å². The molecule has 0 aliphatic heterocycles. The van der Waals surface area contributed by atoms with Gasteiger partial charge in [-0.1, -0.05) is 32.0 Å². The van der Waals surface area contributed by atoms with Gasteiger partial charge in [0, 0.05) is 17.1 Å². The lowest BCUT2D eigenvalue weighted by atomic mass is 9.85. The highest BCUT2D eigenvalue weighted by molar-refractivity contribution is 5.83. The Morgan fingerprint density at radius 3 is 2.71 bits per heavy atom. The molecule has 0 radical (unpaired) electrons. The molecule has 0 amide bonds. The minimum atomic E-state index is 0.624. The third kappa shape index (κ3) is 2.52. The standard InChI is InChI=1S/C15H22N2/c1-11(2)12(8-9-16-3)14-10-17-15-7-5-4-6-13(14)15/h4-7,10-12,16-17H,8-9H2,1-3H3/t12-/m1/s1. The normalized spacial score (nSPS) is 13.4. The molecule has 0 aliphatic carbocycles. The summed E-state index contributed by atoms with van der Waals surface area (Å²) in [5.41, 5.74) is 2.71. The first-order valence-electron chi connectivity index (χ1n) is 6.44. The van der Waals surface area contributed by atoms with Crippen LogP contribution < -0.4 is 5.32 Å². The van der Waals surface area contributed by atoms with Crippen LogP contribution in [0.25, 0.3) is 10.9 Å². The molecule has 1 atom stereocenters. The Labute approximate surface area is 103 Å². The molecule has 1 aromatic carbocycles. The summed E-state index contributed by atoms with van der Waals surface area (Å²) in [5, 5.41) is 4.63. The van der Waals surface area contributed by atoms with E-state index in [1.807, 2.05) is 7.05 Å². The fourth-order valence-electron chi connectivity index (χ4n) is 2.55. The first-order chi connectivity index (χ1) is 8.24. The molecule has 2 heteroatoms. The number of aromatic nitrogens is 1. The predicted molar refractivity (Wildman–Crippen MR) is 74.4 cm³/mol. The van der Waals surface area contributed by atoms with Crippen molar-refractivity contribution in [1.29, 1.82) is 0 Å². The van der Waals surface area contributed by atoms with Gasteiger partial charge >= 0.3 is 0 Å². The van der Waals surface area contributed by atoms with Crippen molar-refractivity contribution in [2.75, 3.05) is 13.6 Å². The average Bonchev–Trinajstić information content (AvgIpc) is 2.73. The molecule has 0 saturated heterocycles. The van der Waals surface area contributed by atoms with E-state index in [1.165, 1.54) is 22.9 Å². The molecular weight excluding hydrogens is 208 g/mol. The SMILES string of the molecule is CNCC[C@@H](c1c[nH]c2ccccc12)C(C)C. The lowest BCUT2D eigenvalue weighted by Gasteiger charge is -2.20. The maximum absolute atomic E-state index is 3.38. The molecule has 92 valence electrons. The van der Waals surface area contributed by atoms with Gasteiger partial charge < -0.3 is 10.3 Å². The summed E-state index contributed by atoms with van der Waals surface area (Å²) in [5.74, 6) is 1.29. The third-order valence-corrected chi connectivity index (χ3v) is 3.53. The summed E-state index contributed by atoms with van der Waals surface area (Å²) in [4.78, 5) is 3.38. The van der Waals surface area contributed by atoms with Crippen molar-refractivity contribution >= 4 is 10.9 Å². The molecule has 1 aromatic heterocycles. The Morgan fingerprint density at radius 1 is 1.24 bits per heavy atom. The molecule has 2 aromatic rings. The molecule has 0 aliphatic rings. The van der Waals surface area contributed by atoms with Crippen molar-refractivity contribution < 1.29 is 0 Å². The van der Waals surface area contributed by atoms with Gasteiger partial charge in [0.25, 0.3) is 0 Å². The average molecular weight is 230 g/mol. The number of aromatic amines is 1. The number of hydrogen-bond acceptors (Lipinski definition) is 1. The van der Waals surface area contributed by atoms with Crippen LogP contribution in [0.4, 0.5) is 0 Å². The highest BCUT2D eigenvalue weighted by Gasteiger charge is 2.18. The van der Waals surface area contributed by atoms with Crippen LogP contribution in [0.3, 0.4) is 0 Å². The minimum absolute atomic E-state index is 0.624. The van der Waals surface area contributed by atoms with E-state index in [0.29, 0.717) is 11.8 Å². The first-order valence-corrected chi connectivity index (χ1v) is 6.44. The number of fused-ring (bicyclic) bond motifs is 1. The van der Waals surface area contributed by atoms with Gasteiger partial charge in [0.05, 0.1) is 0 Å². The second-order valence-electron chi connectivity index (χ2n) is 5.03. The van der Waals surface area contributed by atoms with Crippen molar-refractivity contribution in [3.63, 3.8) is 0 Å². The first kappa shape index (κ1) is 12.2. The molecule has 2 rings (SSSR count). The number of nitrogens with one attached hydrogen (secondary N) is 2. The van der Waals surface area contributed by atoms with Gasteiger partial charge in [-0.25, -0.2) is 0 Å². The van der Waals surface area contributed by atoms with E-state index < -0.39 is 0 Å². The van der Waals surface area contributed by atoms with E-state index in [2.05, 4.69) is 54.6 Å². The Bertz CT molecular complexity index is 470. The summed E-state index contributed by atoms with van der Waals surface area (Å²) in [6.45, 7) is 5.69. The second-order valence-corrected chi connectivity index (χ2v) is 5.03. The van der Waals surface area contributed by atoms with Gasteiger partial charge in [0.2, 0.25) is 0 Å². The maximum atomic E-state index is 3.38. The molecule has 0 spiro atoms. The minimum Gasteiger partial charge on any atom is -0.361 e. The summed E-state index contributed by atoms with van der Waals surface area (Å²) in [7, 11) is 2.02. The van der Waals surface area contributed by atoms with Crippen LogP contribution in [0, 0.1) is 5.92 Å². The topological polar surface area (TPSA) is 27.8 Å². The lowest BCUT2D eigenvalue weighted by Crippen LogP contribution is -2.15. The van der Waals surface area contributed by atoms with E-state index in [0.717, 1.165) is 6.54 Å². The van der Waals surface area contributed by atoms with Gasteiger partial charge in [-0.05, 0) is 43.5 Å². The molecule has 0 saturated carbocycles. The summed E-state index contributed by atoms with van der Waals surface area (Å²) in [6.07, 6.45) is 3.38. The zero-order valence-corrected chi connectivity index (χ0v) is 11.0. The van der Waals surface area contributed by atoms with Crippen molar-refractivity contribution in [3.8, 4) is 0 Å². The van der Waals surface area contributed by atoms with Gasteiger partial charge in [0.15, 0.2) is 0 Å². The Balaban J connectivity index is 2.34. The van der Waals surface area contributed by atoms with E-state index in [1.54, 1.807) is 0 Å². The number of hydrogen-bond donors (Lipinski definition) is 2. The van der Waals surface area contributed by atoms with Gasteiger partial charge in [0.1, 0.15) is 0 Å². The van der Waals surface area contributed by atoms with Crippen LogP contribution in [-0.4, -0.2) is 18.6 Å². The zero-order chi connectivity index (χ0) is 12.3. The Morgan fingerprint density at radius 2 is 2.00 bits per heavy atom. The molecule has 0 unspecified atom stereocenters. The number of H-pyrrole nitrogens is 1. The number of rotatable bonds is 5. The fraction of sp³-hybridized carbons (Fsp3) is 0.467. The van der Waals surface area contributed by atoms with E-state index in [9.17, 15) is 0 Å². The summed E-state index contributed by atoms with van der Waals surface area (Å²) < 4.78 is 0. The van der Waals surface area contributed by atoms with Crippen LogP contribution >= 0.6 is 0 Å². The van der Waals surface area contributed by atoms with Crippen molar-refractivity contribution in [2.45, 2.75) is 26.2 Å². The van der Waals surface area contributed by atoms with Gasteiger partial charge in [-0.2, -0.15) is 0 Å². The smallest absolute Gasteiger partial charge is 0.0456 e. The molecule has 1 heterocycles. The largest absolute Gasteiger partial charge is 0.361 e. The number of para-hydroxylation sites is 1. The van der Waals surface area contributed by atoms with Crippen LogP contribution in [0.1, 0.15) is 31.7 Å². The maximum Gasteiger partial charge on any atom is 0.0456 e. The lowest BCUT2D eigenvalue weighted by molar-refractivity contribution is 0.463. The van der Waals surface area contributed by atoms with Gasteiger partial charge in [-0.3, -0.25) is 0 Å². The van der Waals surface area contributed by atoms with Crippen LogP contribution in [0.5, 0.6) is 0 Å². The summed E-state index contributed by atoms with van der Waals surface area (Å²) in [6, 6.07) is 8.57. The quantitative estimate of drug-likeness (QED) is 0.808. The van der Waals surface area contributed by atoms with Crippen LogP contribution in [0.2, 0.25) is 0 Å². The molecular formula is C15H22N2. The van der Waals surface area contributed by atoms with Crippen molar-refractivity contribution in [1.82, 2.24) is 10.3 Å². The number of benzene rings is 1. The molecule has 2 nitrogen and oxygen atoms in total. The highest BCUT2D eigenvalue weighted by Crippen LogP contribution is 2.32. The monoisotopic (exact) mass is 230 g/mol. The molecule has 17 heavy (non-hydrogen) atoms. The van der Waals surface area contributed by atoms with Crippen molar-refractivity contribution in [3.05, 3.63) is 36.0 Å². The van der Waals surface area contributed by atoms with E-state index in [-0.39, 0.29) is 0 Å². The van der Waals surface area contributed by atoms with Gasteiger partial charge in [-0.15, -0.1) is 0 Å². The second kappa shape index (κ2) is 5.37. The van der Waals surface area contributed by atoms with E-state index >= 15 is 0 Å². The summed E-state index contributed by atoms with van der Waals surface area (Å²) >= 11 is 0. The Hall–Kier alpha value is -1.28. The predicted octanol–water partition coefficient (Wildman–Crippen LogP) is 3.52. The molecule has 2 N–H and O–H groups in total. The fourth-order valence-corrected chi connectivity index (χ4v) is 2.55. The van der Waals surface area contributed by atoms with Crippen molar-refractivity contribution in [2.24, 2.45) is 5.92 Å². The molecule has 0 bridgehead atoms.